The number of hydrogen-bond donors (Lipinski definition) is 2. The van der Waals surface area contributed by atoms with E-state index in [0.29, 0.717) is 16.8 Å². The van der Waals surface area contributed by atoms with Crippen molar-refractivity contribution < 1.29 is 14.7 Å². The molecule has 3 rings (SSSR count). The first kappa shape index (κ1) is 14.8. The van der Waals surface area contributed by atoms with E-state index in [-0.39, 0.29) is 12.3 Å². The summed E-state index contributed by atoms with van der Waals surface area (Å²) in [5, 5.41) is 13.7. The zero-order valence-corrected chi connectivity index (χ0v) is 12.3. The predicted molar refractivity (Wildman–Crippen MR) is 89.7 cm³/mol. The van der Waals surface area contributed by atoms with Gasteiger partial charge in [-0.3, -0.25) is 9.59 Å². The van der Waals surface area contributed by atoms with E-state index in [4.69, 9.17) is 5.11 Å². The maximum absolute atomic E-state index is 12.3. The molecule has 0 aliphatic rings. The van der Waals surface area contributed by atoms with Crippen LogP contribution >= 0.6 is 0 Å². The zero-order chi connectivity index (χ0) is 16.2. The summed E-state index contributed by atoms with van der Waals surface area (Å²) in [5.74, 6) is -1.07. The van der Waals surface area contributed by atoms with E-state index < -0.39 is 5.97 Å². The fraction of sp³-hybridized carbons (Fsp3) is 0.0526. The molecule has 0 saturated heterocycles. The average Bonchev–Trinajstić information content (AvgIpc) is 2.55. The summed E-state index contributed by atoms with van der Waals surface area (Å²) in [6.45, 7) is 0. The van der Waals surface area contributed by atoms with Gasteiger partial charge in [0.05, 0.1) is 6.42 Å². The molecule has 0 aromatic heterocycles. The van der Waals surface area contributed by atoms with Crippen LogP contribution < -0.4 is 5.32 Å². The summed E-state index contributed by atoms with van der Waals surface area (Å²) in [6.07, 6.45) is -0.0289. The number of carboxylic acid groups (broad SMARTS) is 1. The van der Waals surface area contributed by atoms with Crippen LogP contribution in [0.2, 0.25) is 0 Å². The van der Waals surface area contributed by atoms with E-state index >= 15 is 0 Å². The molecule has 1 amide bonds. The standard InChI is InChI=1S/C19H15NO3/c21-18(22)11-13-5-9-17(10-6-13)20-19(23)16-8-7-14-3-1-2-4-15(14)12-16/h1-10,12H,11H2,(H,20,23)(H,21,22). The number of carbonyl (C=O) groups excluding carboxylic acids is 1. The minimum atomic E-state index is -0.877. The number of hydrogen-bond acceptors (Lipinski definition) is 2. The van der Waals surface area contributed by atoms with Gasteiger partial charge in [0.15, 0.2) is 0 Å². The Hall–Kier alpha value is -3.14. The van der Waals surface area contributed by atoms with Crippen molar-refractivity contribution in [2.45, 2.75) is 6.42 Å². The Bertz CT molecular complexity index is 869. The monoisotopic (exact) mass is 305 g/mol. The zero-order valence-electron chi connectivity index (χ0n) is 12.3. The van der Waals surface area contributed by atoms with Crippen molar-refractivity contribution in [3.63, 3.8) is 0 Å². The van der Waals surface area contributed by atoms with Gasteiger partial charge >= 0.3 is 5.97 Å². The molecule has 0 spiro atoms. The first-order valence-electron chi connectivity index (χ1n) is 7.23. The maximum Gasteiger partial charge on any atom is 0.307 e. The van der Waals surface area contributed by atoms with Gasteiger partial charge < -0.3 is 10.4 Å². The second-order valence-corrected chi connectivity index (χ2v) is 5.28. The third-order valence-electron chi connectivity index (χ3n) is 3.58. The van der Waals surface area contributed by atoms with Crippen molar-refractivity contribution in [2.24, 2.45) is 0 Å². The molecule has 0 heterocycles. The minimum absolute atomic E-state index is 0.0289. The number of fused-ring (bicyclic) bond motifs is 1. The fourth-order valence-corrected chi connectivity index (χ4v) is 2.41. The maximum atomic E-state index is 12.3. The summed E-state index contributed by atoms with van der Waals surface area (Å²) < 4.78 is 0. The largest absolute Gasteiger partial charge is 0.481 e. The van der Waals surface area contributed by atoms with Crippen LogP contribution in [-0.4, -0.2) is 17.0 Å². The number of carboxylic acids is 1. The van der Waals surface area contributed by atoms with Gasteiger partial charge in [0, 0.05) is 11.3 Å². The van der Waals surface area contributed by atoms with Crippen LogP contribution in [0, 0.1) is 0 Å². The van der Waals surface area contributed by atoms with Crippen molar-refractivity contribution in [3.8, 4) is 0 Å². The minimum Gasteiger partial charge on any atom is -0.481 e. The molecular formula is C19H15NO3. The summed E-state index contributed by atoms with van der Waals surface area (Å²) in [5.41, 5.74) is 1.91. The van der Waals surface area contributed by atoms with Gasteiger partial charge in [-0.2, -0.15) is 0 Å². The lowest BCUT2D eigenvalue weighted by atomic mass is 10.1. The van der Waals surface area contributed by atoms with Gasteiger partial charge in [-0.25, -0.2) is 0 Å². The smallest absolute Gasteiger partial charge is 0.307 e. The molecule has 3 aromatic rings. The van der Waals surface area contributed by atoms with Crippen LogP contribution in [0.4, 0.5) is 5.69 Å². The van der Waals surface area contributed by atoms with E-state index in [1.165, 1.54) is 0 Å². The lowest BCUT2D eigenvalue weighted by Crippen LogP contribution is -2.11. The third kappa shape index (κ3) is 3.55. The highest BCUT2D eigenvalue weighted by atomic mass is 16.4. The van der Waals surface area contributed by atoms with E-state index in [1.54, 1.807) is 30.3 Å². The van der Waals surface area contributed by atoms with Crippen LogP contribution in [0.3, 0.4) is 0 Å². The number of benzene rings is 3. The Kier molecular flexibility index (Phi) is 4.06. The lowest BCUT2D eigenvalue weighted by Gasteiger charge is -2.07. The molecule has 4 heteroatoms. The van der Waals surface area contributed by atoms with Gasteiger partial charge in [-0.15, -0.1) is 0 Å². The van der Waals surface area contributed by atoms with Gasteiger partial charge in [0.2, 0.25) is 0 Å². The molecule has 0 atom stereocenters. The van der Waals surface area contributed by atoms with E-state index in [9.17, 15) is 9.59 Å². The highest BCUT2D eigenvalue weighted by Gasteiger charge is 2.07. The van der Waals surface area contributed by atoms with Gasteiger partial charge in [0.1, 0.15) is 0 Å². The molecule has 0 saturated carbocycles. The molecule has 0 aliphatic heterocycles. The Morgan fingerprint density at radius 2 is 1.57 bits per heavy atom. The second-order valence-electron chi connectivity index (χ2n) is 5.28. The summed E-state index contributed by atoms with van der Waals surface area (Å²) in [6, 6.07) is 20.2. The first-order valence-corrected chi connectivity index (χ1v) is 7.23. The molecule has 0 fully saturated rings. The van der Waals surface area contributed by atoms with Gasteiger partial charge in [0.25, 0.3) is 5.91 Å². The Balaban J connectivity index is 1.76. The molecule has 4 nitrogen and oxygen atoms in total. The molecule has 114 valence electrons. The van der Waals surface area contributed by atoms with Crippen LogP contribution in [0.15, 0.2) is 66.7 Å². The van der Waals surface area contributed by atoms with E-state index in [2.05, 4.69) is 5.32 Å². The highest BCUT2D eigenvalue weighted by Crippen LogP contribution is 2.17. The van der Waals surface area contributed by atoms with Crippen molar-refractivity contribution in [2.75, 3.05) is 5.32 Å². The van der Waals surface area contributed by atoms with Crippen LogP contribution in [-0.2, 0) is 11.2 Å². The molecule has 0 bridgehead atoms. The quantitative estimate of drug-likeness (QED) is 0.772. The number of aliphatic carboxylic acids is 1. The van der Waals surface area contributed by atoms with Crippen molar-refractivity contribution >= 4 is 28.3 Å². The summed E-state index contributed by atoms with van der Waals surface area (Å²) in [7, 11) is 0. The number of amides is 1. The molecule has 3 aromatic carbocycles. The topological polar surface area (TPSA) is 66.4 Å². The first-order chi connectivity index (χ1) is 11.1. The molecule has 0 aliphatic carbocycles. The number of anilines is 1. The summed E-state index contributed by atoms with van der Waals surface area (Å²) in [4.78, 5) is 23.0. The van der Waals surface area contributed by atoms with Gasteiger partial charge in [-0.1, -0.05) is 42.5 Å². The number of nitrogens with one attached hydrogen (secondary N) is 1. The van der Waals surface area contributed by atoms with Crippen LogP contribution in [0.5, 0.6) is 0 Å². The molecule has 0 radical (unpaired) electrons. The molecular weight excluding hydrogens is 290 g/mol. The Morgan fingerprint density at radius 3 is 2.26 bits per heavy atom. The molecule has 23 heavy (non-hydrogen) atoms. The lowest BCUT2D eigenvalue weighted by molar-refractivity contribution is -0.136. The van der Waals surface area contributed by atoms with E-state index in [1.807, 2.05) is 36.4 Å². The highest BCUT2D eigenvalue weighted by molar-refractivity contribution is 6.06. The third-order valence-corrected chi connectivity index (χ3v) is 3.58. The van der Waals surface area contributed by atoms with Crippen LogP contribution in [0.25, 0.3) is 10.8 Å². The SMILES string of the molecule is O=C(O)Cc1ccc(NC(=O)c2ccc3ccccc3c2)cc1. The van der Waals surface area contributed by atoms with Crippen molar-refractivity contribution in [1.82, 2.24) is 0 Å². The van der Waals surface area contributed by atoms with Crippen molar-refractivity contribution in [1.29, 1.82) is 0 Å². The normalized spacial score (nSPS) is 10.4. The predicted octanol–water partition coefficient (Wildman–Crippen LogP) is 3.72. The average molecular weight is 305 g/mol. The fourth-order valence-electron chi connectivity index (χ4n) is 2.41. The summed E-state index contributed by atoms with van der Waals surface area (Å²) >= 11 is 0. The Labute approximate surface area is 133 Å². The molecule has 0 unspecified atom stereocenters. The number of carbonyl (C=O) groups is 2. The number of rotatable bonds is 4. The van der Waals surface area contributed by atoms with Crippen LogP contribution in [0.1, 0.15) is 15.9 Å². The Morgan fingerprint density at radius 1 is 0.870 bits per heavy atom. The van der Waals surface area contributed by atoms with E-state index in [0.717, 1.165) is 10.8 Å². The molecule has 2 N–H and O–H groups in total. The second kappa shape index (κ2) is 6.32. The van der Waals surface area contributed by atoms with Crippen molar-refractivity contribution in [3.05, 3.63) is 77.9 Å². The van der Waals surface area contributed by atoms with Gasteiger partial charge in [-0.05, 0) is 40.6 Å².